The minimum Gasteiger partial charge on any atom is -0.491 e. The number of thiocarbonyl (C=S) groups is 1. The SMILES string of the molecule is CCCCCCCCCCCCCCCc1cccc(OC(C)C)c1C1C(C(=O)OCC)C(C)=NC(=S)N1C(=O)N(C)C. The monoisotopic (exact) mass is 615 g/mol. The number of hydrogen-bond donors (Lipinski definition) is 0. The van der Waals surface area contributed by atoms with Crippen molar-refractivity contribution < 1.29 is 19.1 Å². The maximum atomic E-state index is 13.6. The van der Waals surface area contributed by atoms with Crippen LogP contribution >= 0.6 is 12.2 Å². The van der Waals surface area contributed by atoms with Gasteiger partial charge in [0.15, 0.2) is 0 Å². The van der Waals surface area contributed by atoms with Gasteiger partial charge in [-0.15, -0.1) is 0 Å². The number of urea groups is 1. The highest BCUT2D eigenvalue weighted by atomic mass is 32.1. The standard InChI is InChI=1S/C35H57N3O4S/c1-8-10-11-12-13-14-15-16-17-18-19-20-21-23-28-24-22-25-29(42-26(3)4)31(28)32-30(33(39)41-9-2)27(5)36-34(43)38(32)35(40)37(6)7/h22,24-26,30,32H,8-21,23H2,1-7H3. The lowest BCUT2D eigenvalue weighted by atomic mass is 9.83. The summed E-state index contributed by atoms with van der Waals surface area (Å²) in [4.78, 5) is 34.4. The van der Waals surface area contributed by atoms with Gasteiger partial charge in [-0.3, -0.25) is 9.69 Å². The maximum absolute atomic E-state index is 13.6. The van der Waals surface area contributed by atoms with Crippen LogP contribution in [0.2, 0.25) is 0 Å². The molecule has 43 heavy (non-hydrogen) atoms. The van der Waals surface area contributed by atoms with Crippen molar-refractivity contribution in [3.63, 3.8) is 0 Å². The summed E-state index contributed by atoms with van der Waals surface area (Å²) < 4.78 is 11.8. The highest BCUT2D eigenvalue weighted by Crippen LogP contribution is 2.42. The molecule has 2 unspecified atom stereocenters. The third-order valence-electron chi connectivity index (χ3n) is 8.02. The first kappa shape index (κ1) is 36.7. The lowest BCUT2D eigenvalue weighted by molar-refractivity contribution is -0.147. The molecule has 8 heteroatoms. The van der Waals surface area contributed by atoms with Crippen LogP contribution in [0, 0.1) is 5.92 Å². The molecule has 1 aromatic rings. The predicted octanol–water partition coefficient (Wildman–Crippen LogP) is 9.07. The number of nitrogens with zero attached hydrogens (tertiary/aromatic N) is 3. The van der Waals surface area contributed by atoms with Gasteiger partial charge in [-0.05, 0) is 64.4 Å². The second kappa shape index (κ2) is 19.7. The van der Waals surface area contributed by atoms with E-state index in [1.807, 2.05) is 26.0 Å². The number of amides is 2. The molecule has 2 amide bonds. The Morgan fingerprint density at radius 3 is 2.00 bits per heavy atom. The zero-order chi connectivity index (χ0) is 31.8. The minimum absolute atomic E-state index is 0.0882. The molecule has 242 valence electrons. The Kier molecular flexibility index (Phi) is 16.8. The summed E-state index contributed by atoms with van der Waals surface area (Å²) >= 11 is 5.65. The molecule has 0 saturated carbocycles. The van der Waals surface area contributed by atoms with E-state index in [2.05, 4.69) is 18.0 Å². The fourth-order valence-electron chi connectivity index (χ4n) is 5.85. The van der Waals surface area contributed by atoms with E-state index in [-0.39, 0.29) is 23.9 Å². The lowest BCUT2D eigenvalue weighted by Crippen LogP contribution is -2.52. The van der Waals surface area contributed by atoms with Crippen LogP contribution < -0.4 is 4.74 Å². The summed E-state index contributed by atoms with van der Waals surface area (Å²) in [5.74, 6) is -0.549. The van der Waals surface area contributed by atoms with E-state index in [1.54, 1.807) is 27.9 Å². The van der Waals surface area contributed by atoms with Crippen molar-refractivity contribution >= 4 is 35.0 Å². The van der Waals surface area contributed by atoms with Crippen LogP contribution in [0.25, 0.3) is 0 Å². The number of ether oxygens (including phenoxy) is 2. The summed E-state index contributed by atoms with van der Waals surface area (Å²) in [6.45, 7) is 10.0. The maximum Gasteiger partial charge on any atom is 0.326 e. The van der Waals surface area contributed by atoms with Crippen LogP contribution in [0.3, 0.4) is 0 Å². The average Bonchev–Trinajstić information content (AvgIpc) is 2.94. The molecule has 1 aliphatic heterocycles. The van der Waals surface area contributed by atoms with Crippen molar-refractivity contribution in [2.24, 2.45) is 10.9 Å². The van der Waals surface area contributed by atoms with Crippen molar-refractivity contribution in [3.05, 3.63) is 29.3 Å². The van der Waals surface area contributed by atoms with Crippen LogP contribution in [0.15, 0.2) is 23.2 Å². The zero-order valence-electron chi connectivity index (χ0n) is 28.0. The molecule has 0 saturated heterocycles. The van der Waals surface area contributed by atoms with Crippen molar-refractivity contribution in [1.82, 2.24) is 9.80 Å². The van der Waals surface area contributed by atoms with E-state index in [0.717, 1.165) is 30.4 Å². The number of hydrogen-bond acceptors (Lipinski definition) is 5. The topological polar surface area (TPSA) is 71.4 Å². The van der Waals surface area contributed by atoms with E-state index in [4.69, 9.17) is 21.7 Å². The highest BCUT2D eigenvalue weighted by Gasteiger charge is 2.46. The molecule has 2 atom stereocenters. The molecule has 0 aromatic heterocycles. The van der Waals surface area contributed by atoms with E-state index in [0.29, 0.717) is 11.5 Å². The second-order valence-electron chi connectivity index (χ2n) is 12.2. The molecule has 0 bridgehead atoms. The van der Waals surface area contributed by atoms with E-state index >= 15 is 0 Å². The van der Waals surface area contributed by atoms with Crippen LogP contribution in [-0.4, -0.2) is 59.4 Å². The molecule has 0 spiro atoms. The van der Waals surface area contributed by atoms with Gasteiger partial charge in [-0.1, -0.05) is 96.1 Å². The average molecular weight is 616 g/mol. The first-order valence-electron chi connectivity index (χ1n) is 16.7. The number of carbonyl (C=O) groups is 2. The Labute approximate surface area is 266 Å². The van der Waals surface area contributed by atoms with Gasteiger partial charge in [0.05, 0.1) is 18.8 Å². The molecule has 0 aliphatic carbocycles. The fraction of sp³-hybridized carbons (Fsp3) is 0.714. The Morgan fingerprint density at radius 2 is 1.49 bits per heavy atom. The number of rotatable bonds is 19. The van der Waals surface area contributed by atoms with Gasteiger partial charge in [0.25, 0.3) is 0 Å². The van der Waals surface area contributed by atoms with E-state index in [9.17, 15) is 9.59 Å². The van der Waals surface area contributed by atoms with Crippen LogP contribution in [0.4, 0.5) is 4.79 Å². The number of carbonyl (C=O) groups excluding carboxylic acids is 2. The molecule has 1 heterocycles. The largest absolute Gasteiger partial charge is 0.491 e. The Balaban J connectivity index is 2.22. The number of aliphatic imine (C=N–C) groups is 1. The molecule has 1 aromatic carbocycles. The normalized spacial score (nSPS) is 16.8. The third-order valence-corrected chi connectivity index (χ3v) is 8.30. The van der Waals surface area contributed by atoms with E-state index in [1.165, 1.54) is 80.4 Å². The molecule has 0 N–H and O–H groups in total. The minimum atomic E-state index is -0.794. The number of esters is 1. The van der Waals surface area contributed by atoms with Gasteiger partial charge < -0.3 is 14.4 Å². The van der Waals surface area contributed by atoms with Gasteiger partial charge in [0, 0.05) is 25.4 Å². The molecule has 1 aliphatic rings. The third kappa shape index (κ3) is 11.5. The van der Waals surface area contributed by atoms with Crippen molar-refractivity contribution in [2.75, 3.05) is 20.7 Å². The first-order valence-corrected chi connectivity index (χ1v) is 17.1. The van der Waals surface area contributed by atoms with Crippen molar-refractivity contribution in [1.29, 1.82) is 0 Å². The van der Waals surface area contributed by atoms with E-state index < -0.39 is 17.9 Å². The molecule has 7 nitrogen and oxygen atoms in total. The summed E-state index contributed by atoms with van der Waals surface area (Å²) in [5.41, 5.74) is 2.43. The van der Waals surface area contributed by atoms with Gasteiger partial charge in [0.2, 0.25) is 5.11 Å². The summed E-state index contributed by atoms with van der Waals surface area (Å²) in [6, 6.07) is 4.97. The van der Waals surface area contributed by atoms with Gasteiger partial charge in [-0.25, -0.2) is 9.79 Å². The quantitative estimate of drug-likeness (QED) is 0.0882. The van der Waals surface area contributed by atoms with Crippen LogP contribution in [0.5, 0.6) is 5.75 Å². The molecule has 0 radical (unpaired) electrons. The molecular formula is C35H57N3O4S. The Hall–Kier alpha value is -2.48. The van der Waals surface area contributed by atoms with Crippen molar-refractivity contribution in [3.8, 4) is 5.75 Å². The van der Waals surface area contributed by atoms with Gasteiger partial charge in [0.1, 0.15) is 11.7 Å². The number of benzene rings is 1. The van der Waals surface area contributed by atoms with Crippen LogP contribution in [0.1, 0.15) is 135 Å². The molecule has 2 rings (SSSR count). The number of aryl methyl sites for hydroxylation is 1. The summed E-state index contributed by atoms with van der Waals surface area (Å²) in [6.07, 6.45) is 17.6. The second-order valence-corrected chi connectivity index (χ2v) is 12.6. The van der Waals surface area contributed by atoms with Gasteiger partial charge >= 0.3 is 12.0 Å². The molecular weight excluding hydrogens is 558 g/mol. The van der Waals surface area contributed by atoms with Crippen molar-refractivity contribution in [2.45, 2.75) is 137 Å². The zero-order valence-corrected chi connectivity index (χ0v) is 28.8. The highest BCUT2D eigenvalue weighted by molar-refractivity contribution is 7.80. The van der Waals surface area contributed by atoms with Crippen LogP contribution in [-0.2, 0) is 16.0 Å². The Bertz CT molecular complexity index is 1060. The predicted molar refractivity (Wildman–Crippen MR) is 181 cm³/mol. The molecule has 0 fully saturated rings. The first-order chi connectivity index (χ1) is 20.6. The van der Waals surface area contributed by atoms with Gasteiger partial charge in [-0.2, -0.15) is 0 Å². The lowest BCUT2D eigenvalue weighted by Gasteiger charge is -2.41. The summed E-state index contributed by atoms with van der Waals surface area (Å²) in [7, 11) is 3.36. The fourth-order valence-corrected chi connectivity index (χ4v) is 6.18. The summed E-state index contributed by atoms with van der Waals surface area (Å²) in [5, 5.41) is 0.146. The number of unbranched alkanes of at least 4 members (excludes halogenated alkanes) is 12. The Morgan fingerprint density at radius 1 is 0.930 bits per heavy atom. The smallest absolute Gasteiger partial charge is 0.326 e.